The molecule has 0 saturated carbocycles. The van der Waals surface area contributed by atoms with Gasteiger partial charge in [0.2, 0.25) is 0 Å². The number of esters is 1. The zero-order valence-electron chi connectivity index (χ0n) is 5.90. The maximum absolute atomic E-state index is 10.8. The SMILES string of the molecule is COC(=O)[C@@H]1N=C[C@H](C)S1. The first kappa shape index (κ1) is 7.60. The Kier molecular flexibility index (Phi) is 2.32. The molecule has 0 N–H and O–H groups in total. The molecule has 56 valence electrons. The third-order valence-electron chi connectivity index (χ3n) is 1.18. The second kappa shape index (κ2) is 3.05. The fraction of sp³-hybridized carbons (Fsp3) is 0.667. The highest BCUT2D eigenvalue weighted by Gasteiger charge is 2.24. The van der Waals surface area contributed by atoms with Crippen molar-refractivity contribution in [1.82, 2.24) is 0 Å². The molecule has 0 bridgehead atoms. The normalized spacial score (nSPS) is 30.6. The summed E-state index contributed by atoms with van der Waals surface area (Å²) in [6, 6.07) is 0. The van der Waals surface area contributed by atoms with Gasteiger partial charge in [-0.1, -0.05) is 0 Å². The van der Waals surface area contributed by atoms with E-state index in [0.29, 0.717) is 5.25 Å². The number of methoxy groups -OCH3 is 1. The van der Waals surface area contributed by atoms with E-state index in [9.17, 15) is 4.79 Å². The highest BCUT2D eigenvalue weighted by Crippen LogP contribution is 2.23. The van der Waals surface area contributed by atoms with Crippen molar-refractivity contribution in [3.05, 3.63) is 0 Å². The Hall–Kier alpha value is -0.510. The molecule has 0 radical (unpaired) electrons. The molecular formula is C6H9NO2S. The van der Waals surface area contributed by atoms with E-state index >= 15 is 0 Å². The van der Waals surface area contributed by atoms with Gasteiger partial charge >= 0.3 is 5.97 Å². The number of hydrogen-bond acceptors (Lipinski definition) is 4. The number of rotatable bonds is 1. The zero-order valence-corrected chi connectivity index (χ0v) is 6.72. The van der Waals surface area contributed by atoms with Crippen molar-refractivity contribution < 1.29 is 9.53 Å². The van der Waals surface area contributed by atoms with Gasteiger partial charge in [0.25, 0.3) is 0 Å². The second-order valence-electron chi connectivity index (χ2n) is 2.01. The standard InChI is InChI=1S/C6H9NO2S/c1-4-3-7-5(10-4)6(8)9-2/h3-5H,1-2H3/t4-,5+/m0/s1. The highest BCUT2D eigenvalue weighted by molar-refractivity contribution is 8.02. The zero-order chi connectivity index (χ0) is 7.56. The van der Waals surface area contributed by atoms with Crippen LogP contribution in [-0.4, -0.2) is 29.9 Å². The fourth-order valence-electron chi connectivity index (χ4n) is 0.690. The van der Waals surface area contributed by atoms with Gasteiger partial charge in [-0.05, 0) is 6.92 Å². The summed E-state index contributed by atoms with van der Waals surface area (Å²) in [5.74, 6) is -0.259. The largest absolute Gasteiger partial charge is 0.467 e. The van der Waals surface area contributed by atoms with E-state index in [1.165, 1.54) is 18.9 Å². The third kappa shape index (κ3) is 1.50. The van der Waals surface area contributed by atoms with Gasteiger partial charge in [-0.25, -0.2) is 4.79 Å². The lowest BCUT2D eigenvalue weighted by Gasteiger charge is -2.03. The van der Waals surface area contributed by atoms with Gasteiger partial charge in [-0.3, -0.25) is 4.99 Å². The minimum Gasteiger partial charge on any atom is -0.467 e. The summed E-state index contributed by atoms with van der Waals surface area (Å²) < 4.78 is 4.51. The van der Waals surface area contributed by atoms with Crippen LogP contribution in [0.15, 0.2) is 4.99 Å². The lowest BCUT2D eigenvalue weighted by atomic mass is 10.5. The molecule has 1 aliphatic rings. The van der Waals surface area contributed by atoms with Gasteiger partial charge in [0.15, 0.2) is 5.37 Å². The van der Waals surface area contributed by atoms with Gasteiger partial charge < -0.3 is 4.74 Å². The molecule has 0 amide bonds. The molecule has 2 atom stereocenters. The predicted octanol–water partition coefficient (Wildman–Crippen LogP) is 0.692. The van der Waals surface area contributed by atoms with Crippen LogP contribution in [0, 0.1) is 0 Å². The molecule has 0 aromatic carbocycles. The van der Waals surface area contributed by atoms with Crippen molar-refractivity contribution in [2.24, 2.45) is 4.99 Å². The van der Waals surface area contributed by atoms with Crippen LogP contribution < -0.4 is 0 Å². The molecule has 0 saturated heterocycles. The Bertz CT molecular complexity index is 169. The topological polar surface area (TPSA) is 38.7 Å². The summed E-state index contributed by atoms with van der Waals surface area (Å²) in [6.07, 6.45) is 1.77. The summed E-state index contributed by atoms with van der Waals surface area (Å²) in [5.41, 5.74) is 0. The number of aliphatic imine (C=N–C) groups is 1. The molecular weight excluding hydrogens is 150 g/mol. The maximum Gasteiger partial charge on any atom is 0.341 e. The third-order valence-corrected chi connectivity index (χ3v) is 2.30. The van der Waals surface area contributed by atoms with Crippen LogP contribution in [0.3, 0.4) is 0 Å². The second-order valence-corrected chi connectivity index (χ2v) is 3.48. The van der Waals surface area contributed by atoms with Crippen LogP contribution in [0.4, 0.5) is 0 Å². The summed E-state index contributed by atoms with van der Waals surface area (Å²) >= 11 is 1.50. The summed E-state index contributed by atoms with van der Waals surface area (Å²) in [7, 11) is 1.38. The first-order valence-corrected chi connectivity index (χ1v) is 3.95. The fourth-order valence-corrected chi connectivity index (χ4v) is 1.59. The Balaban J connectivity index is 2.46. The van der Waals surface area contributed by atoms with Crippen molar-refractivity contribution in [2.45, 2.75) is 17.5 Å². The van der Waals surface area contributed by atoms with Crippen LogP contribution in [0.2, 0.25) is 0 Å². The molecule has 1 heterocycles. The first-order chi connectivity index (χ1) is 4.74. The van der Waals surface area contributed by atoms with Gasteiger partial charge in [0.1, 0.15) is 0 Å². The van der Waals surface area contributed by atoms with E-state index < -0.39 is 0 Å². The van der Waals surface area contributed by atoms with Crippen molar-refractivity contribution in [3.63, 3.8) is 0 Å². The molecule has 0 unspecified atom stereocenters. The molecule has 0 spiro atoms. The van der Waals surface area contributed by atoms with E-state index in [1.54, 1.807) is 6.21 Å². The summed E-state index contributed by atoms with van der Waals surface area (Å²) in [5, 5.41) is 0.0177. The van der Waals surface area contributed by atoms with Crippen LogP contribution in [-0.2, 0) is 9.53 Å². The van der Waals surface area contributed by atoms with E-state index in [1.807, 2.05) is 6.92 Å². The molecule has 0 aromatic rings. The van der Waals surface area contributed by atoms with Crippen molar-refractivity contribution in [2.75, 3.05) is 7.11 Å². The number of carbonyl (C=O) groups excluding carboxylic acids is 1. The van der Waals surface area contributed by atoms with Gasteiger partial charge in [-0.2, -0.15) is 0 Å². The molecule has 4 heteroatoms. The van der Waals surface area contributed by atoms with Crippen LogP contribution in [0.1, 0.15) is 6.92 Å². The van der Waals surface area contributed by atoms with Crippen molar-refractivity contribution >= 4 is 23.9 Å². The Morgan fingerprint density at radius 2 is 2.50 bits per heavy atom. The van der Waals surface area contributed by atoms with E-state index in [4.69, 9.17) is 0 Å². The predicted molar refractivity (Wildman–Crippen MR) is 41.3 cm³/mol. The minimum absolute atomic E-state index is 0.259. The van der Waals surface area contributed by atoms with Gasteiger partial charge in [0.05, 0.1) is 7.11 Å². The molecule has 10 heavy (non-hydrogen) atoms. The lowest BCUT2D eigenvalue weighted by Crippen LogP contribution is -2.14. The van der Waals surface area contributed by atoms with Crippen molar-refractivity contribution in [1.29, 1.82) is 0 Å². The summed E-state index contributed by atoms with van der Waals surface area (Å²) in [4.78, 5) is 14.8. The van der Waals surface area contributed by atoms with Crippen LogP contribution in [0.5, 0.6) is 0 Å². The van der Waals surface area contributed by atoms with E-state index in [-0.39, 0.29) is 11.3 Å². The Morgan fingerprint density at radius 3 is 2.90 bits per heavy atom. The minimum atomic E-state index is -0.319. The number of hydrogen-bond donors (Lipinski definition) is 0. The first-order valence-electron chi connectivity index (χ1n) is 3.00. The van der Waals surface area contributed by atoms with Crippen LogP contribution >= 0.6 is 11.8 Å². The smallest absolute Gasteiger partial charge is 0.341 e. The molecule has 3 nitrogen and oxygen atoms in total. The number of thioether (sulfide) groups is 1. The maximum atomic E-state index is 10.8. The summed E-state index contributed by atoms with van der Waals surface area (Å²) in [6.45, 7) is 2.00. The van der Waals surface area contributed by atoms with Gasteiger partial charge in [-0.15, -0.1) is 11.8 Å². The molecule has 0 aromatic heterocycles. The van der Waals surface area contributed by atoms with E-state index in [2.05, 4.69) is 9.73 Å². The quantitative estimate of drug-likeness (QED) is 0.528. The molecule has 0 fully saturated rings. The lowest BCUT2D eigenvalue weighted by molar-refractivity contribution is -0.139. The molecule has 0 aliphatic carbocycles. The number of ether oxygens (including phenoxy) is 1. The Labute approximate surface area is 63.9 Å². The monoisotopic (exact) mass is 159 g/mol. The van der Waals surface area contributed by atoms with Crippen molar-refractivity contribution in [3.8, 4) is 0 Å². The number of carbonyl (C=O) groups is 1. The van der Waals surface area contributed by atoms with Crippen LogP contribution in [0.25, 0.3) is 0 Å². The van der Waals surface area contributed by atoms with Gasteiger partial charge in [0, 0.05) is 11.5 Å². The average molecular weight is 159 g/mol. The highest BCUT2D eigenvalue weighted by atomic mass is 32.2. The number of nitrogens with zero attached hydrogens (tertiary/aromatic N) is 1. The van der Waals surface area contributed by atoms with E-state index in [0.717, 1.165) is 0 Å². The average Bonchev–Trinajstić information content (AvgIpc) is 2.34. The molecule has 1 rings (SSSR count). The Morgan fingerprint density at radius 1 is 1.80 bits per heavy atom. The molecule has 1 aliphatic heterocycles.